The van der Waals surface area contributed by atoms with Crippen molar-refractivity contribution in [2.24, 2.45) is 23.7 Å². The third kappa shape index (κ3) is 0.255. The van der Waals surface area contributed by atoms with E-state index in [1.54, 1.807) is 6.42 Å². The van der Waals surface area contributed by atoms with Crippen molar-refractivity contribution in [3.05, 3.63) is 0 Å². The van der Waals surface area contributed by atoms with Gasteiger partial charge in [-0.1, -0.05) is 45.2 Å². The van der Waals surface area contributed by atoms with Crippen molar-refractivity contribution in [2.45, 2.75) is 13.3 Å². The smallest absolute Gasteiger partial charge is 0.0342 e. The summed E-state index contributed by atoms with van der Waals surface area (Å²) in [6.07, 6.45) is 1.60. The first kappa shape index (κ1) is 5.17. The molecule has 0 N–H and O–H groups in total. The van der Waals surface area contributed by atoms with Crippen LogP contribution in [-0.2, 0) is 0 Å². The third-order valence-corrected chi connectivity index (χ3v) is 8.42. The Bertz CT molecular complexity index is 203. The molecule has 0 aromatic heterocycles. The van der Waals surface area contributed by atoms with E-state index < -0.39 is 0 Å². The van der Waals surface area contributed by atoms with Crippen LogP contribution in [0.5, 0.6) is 0 Å². The van der Waals surface area contributed by atoms with Gasteiger partial charge in [0.1, 0.15) is 0 Å². The number of rotatable bonds is 0. The summed E-state index contributed by atoms with van der Waals surface area (Å²) < 4.78 is 1.76. The van der Waals surface area contributed by atoms with Crippen molar-refractivity contribution < 1.29 is 0 Å². The molecule has 5 fully saturated rings. The summed E-state index contributed by atoms with van der Waals surface area (Å²) in [6.45, 7) is 0. The van der Waals surface area contributed by atoms with Crippen LogP contribution in [0.15, 0.2) is 0 Å². The normalized spacial score (nSPS) is 94.0. The predicted molar refractivity (Wildman–Crippen MR) is 52.1 cm³/mol. The van der Waals surface area contributed by atoms with Crippen molar-refractivity contribution in [3.8, 4) is 0 Å². The van der Waals surface area contributed by atoms with Crippen LogP contribution in [0, 0.1) is 23.7 Å². The second kappa shape index (κ2) is 0.967. The molecule has 5 saturated carbocycles. The van der Waals surface area contributed by atoms with Gasteiger partial charge >= 0.3 is 0 Å². The summed E-state index contributed by atoms with van der Waals surface area (Å²) in [6, 6.07) is 0. The van der Waals surface area contributed by atoms with Crippen LogP contribution < -0.4 is 0 Å². The summed E-state index contributed by atoms with van der Waals surface area (Å²) in [5, 5.41) is 0. The van der Waals surface area contributed by atoms with Crippen LogP contribution >= 0.6 is 45.2 Å². The van der Waals surface area contributed by atoms with E-state index in [-0.39, 0.29) is 0 Å². The maximum atomic E-state index is 2.74. The van der Waals surface area contributed by atoms with Gasteiger partial charge in [-0.2, -0.15) is 0 Å². The van der Waals surface area contributed by atoms with Crippen LogP contribution in [0.1, 0.15) is 6.42 Å². The van der Waals surface area contributed by atoms with E-state index in [2.05, 4.69) is 45.2 Å². The van der Waals surface area contributed by atoms with Gasteiger partial charge in [0.25, 0.3) is 0 Å². The zero-order valence-corrected chi connectivity index (χ0v) is 9.09. The monoisotopic (exact) mass is 344 g/mol. The van der Waals surface area contributed by atoms with Gasteiger partial charge in [-0.3, -0.25) is 0 Å². The third-order valence-electron chi connectivity index (χ3n) is 4.14. The Morgan fingerprint density at radius 2 is 1.44 bits per heavy atom. The first-order chi connectivity index (χ1) is 4.22. The molecule has 0 radical (unpaired) electrons. The lowest BCUT2D eigenvalue weighted by Crippen LogP contribution is -2.28. The molecule has 5 aliphatic rings. The topological polar surface area (TPSA) is 0 Å². The van der Waals surface area contributed by atoms with Crippen molar-refractivity contribution >= 4 is 45.2 Å². The molecule has 48 valence electrons. The molecule has 5 aliphatic carbocycles. The lowest BCUT2D eigenvalue weighted by molar-refractivity contribution is 0.539. The van der Waals surface area contributed by atoms with Gasteiger partial charge in [-0.25, -0.2) is 0 Å². The summed E-state index contributed by atoms with van der Waals surface area (Å²) in [5.74, 6) is 4.73. The molecule has 4 unspecified atom stereocenters. The maximum Gasteiger partial charge on any atom is 0.0342 e. The highest BCUT2D eigenvalue weighted by Gasteiger charge is 3.02. The Morgan fingerprint density at radius 1 is 1.00 bits per heavy atom. The van der Waals surface area contributed by atoms with E-state index in [0.29, 0.717) is 0 Å². The van der Waals surface area contributed by atoms with Crippen LogP contribution in [0.3, 0.4) is 0 Å². The lowest BCUT2D eigenvalue weighted by Gasteiger charge is -2.23. The van der Waals surface area contributed by atoms with Gasteiger partial charge in [0.05, 0.1) is 0 Å². The van der Waals surface area contributed by atoms with Crippen molar-refractivity contribution in [1.82, 2.24) is 0 Å². The standard InChI is InChI=1S/C7H6I2/c8-6-2-1-3-5(6)7(3,9)4(2)6/h2-5H,1H2/t2-,3+,4?,5?,6?,7?. The number of halogens is 2. The molecule has 0 spiro atoms. The van der Waals surface area contributed by atoms with Gasteiger partial charge in [0, 0.05) is 6.84 Å². The molecule has 2 bridgehead atoms. The summed E-state index contributed by atoms with van der Waals surface area (Å²) >= 11 is 5.48. The Labute approximate surface area is 81.4 Å². The molecular weight excluding hydrogens is 338 g/mol. The summed E-state index contributed by atoms with van der Waals surface area (Å²) in [7, 11) is 0. The van der Waals surface area contributed by atoms with E-state index in [1.165, 1.54) is 23.7 Å². The summed E-state index contributed by atoms with van der Waals surface area (Å²) in [4.78, 5) is 0. The average molecular weight is 344 g/mol. The molecule has 0 heterocycles. The molecule has 6 atom stereocenters. The van der Waals surface area contributed by atoms with Crippen LogP contribution in [0.4, 0.5) is 0 Å². The molecular formula is C7H6I2. The SMILES string of the molecule is IC12C3[C@H]1C[C@H]1C2C31I. The van der Waals surface area contributed by atoms with E-state index in [4.69, 9.17) is 0 Å². The van der Waals surface area contributed by atoms with Crippen molar-refractivity contribution in [2.75, 3.05) is 0 Å². The summed E-state index contributed by atoms with van der Waals surface area (Å²) in [5.41, 5.74) is 0. The zero-order chi connectivity index (χ0) is 6.02. The largest absolute Gasteiger partial charge is 0.0778 e. The van der Waals surface area contributed by atoms with E-state index >= 15 is 0 Å². The highest BCUT2D eigenvalue weighted by molar-refractivity contribution is 14.1. The van der Waals surface area contributed by atoms with E-state index in [0.717, 1.165) is 6.84 Å². The van der Waals surface area contributed by atoms with Crippen LogP contribution in [0.25, 0.3) is 0 Å². The molecule has 0 aromatic rings. The van der Waals surface area contributed by atoms with Crippen molar-refractivity contribution in [1.29, 1.82) is 0 Å². The minimum absolute atomic E-state index is 0.879. The van der Waals surface area contributed by atoms with Gasteiger partial charge in [-0.05, 0) is 30.1 Å². The zero-order valence-electron chi connectivity index (χ0n) is 4.77. The van der Waals surface area contributed by atoms with Gasteiger partial charge in [0.15, 0.2) is 0 Å². The fourth-order valence-corrected chi connectivity index (χ4v) is 9.70. The quantitative estimate of drug-likeness (QED) is 0.467. The van der Waals surface area contributed by atoms with Gasteiger partial charge in [-0.15, -0.1) is 0 Å². The lowest BCUT2D eigenvalue weighted by atomic mass is 10.0. The van der Waals surface area contributed by atoms with E-state index in [1.807, 2.05) is 0 Å². The Balaban J connectivity index is 2.07. The molecule has 0 saturated heterocycles. The fraction of sp³-hybridized carbons (Fsp3) is 1.00. The van der Waals surface area contributed by atoms with Crippen LogP contribution in [0.2, 0.25) is 0 Å². The van der Waals surface area contributed by atoms with Crippen LogP contribution in [-0.4, -0.2) is 6.84 Å². The molecule has 2 heteroatoms. The molecule has 5 rings (SSSR count). The number of alkyl halides is 2. The van der Waals surface area contributed by atoms with E-state index in [9.17, 15) is 0 Å². The molecule has 0 nitrogen and oxygen atoms in total. The second-order valence-corrected chi connectivity index (χ2v) is 7.80. The Hall–Kier alpha value is 1.46. The predicted octanol–water partition coefficient (Wildman–Crippen LogP) is 2.24. The molecule has 0 aliphatic heterocycles. The number of hydrogen-bond donors (Lipinski definition) is 0. The molecule has 0 aromatic carbocycles. The second-order valence-electron chi connectivity index (χ2n) is 4.06. The molecule has 0 amide bonds. The fourth-order valence-electron chi connectivity index (χ4n) is 3.85. The van der Waals surface area contributed by atoms with Gasteiger partial charge < -0.3 is 0 Å². The highest BCUT2D eigenvalue weighted by Crippen LogP contribution is 3.01. The first-order valence-corrected chi connectivity index (χ1v) is 5.75. The minimum atomic E-state index is 0.879. The number of hydrogen-bond acceptors (Lipinski definition) is 0. The molecule has 9 heavy (non-hydrogen) atoms. The average Bonchev–Trinajstić information content (AvgIpc) is 2.38. The Kier molecular flexibility index (Phi) is 0.555. The maximum absolute atomic E-state index is 2.74. The first-order valence-electron chi connectivity index (χ1n) is 3.59. The minimum Gasteiger partial charge on any atom is -0.0778 e. The van der Waals surface area contributed by atoms with Gasteiger partial charge in [0.2, 0.25) is 0 Å². The highest BCUT2D eigenvalue weighted by atomic mass is 127. The Morgan fingerprint density at radius 3 is 1.56 bits per heavy atom. The van der Waals surface area contributed by atoms with Crippen molar-refractivity contribution in [3.63, 3.8) is 0 Å².